The third kappa shape index (κ3) is 3.79. The summed E-state index contributed by atoms with van der Waals surface area (Å²) in [5, 5.41) is 8.61. The van der Waals surface area contributed by atoms with Crippen molar-refractivity contribution >= 4 is 11.9 Å². The van der Waals surface area contributed by atoms with Gasteiger partial charge >= 0.3 is 0 Å². The lowest BCUT2D eigenvalue weighted by molar-refractivity contribution is 0.0985. The molecule has 0 aliphatic rings. The van der Waals surface area contributed by atoms with Gasteiger partial charge < -0.3 is 9.84 Å². The molecule has 0 spiro atoms. The normalized spacial score (nSPS) is 10.6. The Labute approximate surface area is 111 Å². The Balaban J connectivity index is 2.05. The molecule has 0 atom stereocenters. The van der Waals surface area contributed by atoms with Crippen molar-refractivity contribution in [1.29, 1.82) is 0 Å². The lowest BCUT2D eigenvalue weighted by atomic mass is 10.1. The highest BCUT2D eigenvalue weighted by Crippen LogP contribution is 2.13. The molecule has 0 fully saturated rings. The van der Waals surface area contributed by atoms with Crippen molar-refractivity contribution in [2.75, 3.05) is 6.79 Å². The number of hydrogen-bond donors (Lipinski definition) is 1. The molecule has 0 bridgehead atoms. The molecule has 0 amide bonds. The monoisotopic (exact) mass is 254 g/mol. The minimum Gasteiger partial charge on any atom is -0.468 e. The van der Waals surface area contributed by atoms with Crippen molar-refractivity contribution in [3.63, 3.8) is 0 Å². The number of ketones is 1. The molecule has 19 heavy (non-hydrogen) atoms. The van der Waals surface area contributed by atoms with Gasteiger partial charge in [0.15, 0.2) is 12.6 Å². The lowest BCUT2D eigenvalue weighted by Gasteiger charge is -2.02. The predicted molar refractivity (Wildman–Crippen MR) is 74.0 cm³/mol. The second kappa shape index (κ2) is 6.52. The minimum absolute atomic E-state index is 0.0700. The standard InChI is InChI=1S/C16H14O3/c17-12-19-15-9-7-14(8-10-15)16(18)11-6-13-4-2-1-3-5-13/h1-11,17H,12H2/b11-6+. The van der Waals surface area contributed by atoms with Crippen molar-refractivity contribution in [3.8, 4) is 5.75 Å². The molecule has 0 saturated carbocycles. The van der Waals surface area contributed by atoms with Gasteiger partial charge in [0, 0.05) is 5.56 Å². The largest absolute Gasteiger partial charge is 0.468 e. The van der Waals surface area contributed by atoms with E-state index >= 15 is 0 Å². The number of hydrogen-bond acceptors (Lipinski definition) is 3. The van der Waals surface area contributed by atoms with E-state index in [1.165, 1.54) is 6.08 Å². The van der Waals surface area contributed by atoms with Gasteiger partial charge in [0.05, 0.1) is 0 Å². The summed E-state index contributed by atoms with van der Waals surface area (Å²) < 4.78 is 4.90. The Bertz CT molecular complexity index is 556. The third-order valence-corrected chi connectivity index (χ3v) is 2.60. The van der Waals surface area contributed by atoms with E-state index in [2.05, 4.69) is 0 Å². The van der Waals surface area contributed by atoms with Crippen molar-refractivity contribution in [2.45, 2.75) is 0 Å². The van der Waals surface area contributed by atoms with Crippen LogP contribution >= 0.6 is 0 Å². The number of rotatable bonds is 5. The molecule has 0 heterocycles. The van der Waals surface area contributed by atoms with Crippen LogP contribution < -0.4 is 4.74 Å². The van der Waals surface area contributed by atoms with Crippen LogP contribution in [0, 0.1) is 0 Å². The van der Waals surface area contributed by atoms with Crippen molar-refractivity contribution in [1.82, 2.24) is 0 Å². The maximum absolute atomic E-state index is 11.9. The first-order chi connectivity index (χ1) is 9.29. The second-order valence-electron chi connectivity index (χ2n) is 3.91. The molecule has 2 aromatic carbocycles. The van der Waals surface area contributed by atoms with E-state index < -0.39 is 0 Å². The van der Waals surface area contributed by atoms with Gasteiger partial charge in [-0.05, 0) is 35.9 Å². The average Bonchev–Trinajstić information content (AvgIpc) is 2.47. The highest BCUT2D eigenvalue weighted by Gasteiger charge is 2.01. The maximum atomic E-state index is 11.9. The molecule has 3 nitrogen and oxygen atoms in total. The fourth-order valence-electron chi connectivity index (χ4n) is 1.62. The summed E-state index contributed by atoms with van der Waals surface area (Å²) in [4.78, 5) is 11.9. The van der Waals surface area contributed by atoms with Crippen LogP contribution in [0.2, 0.25) is 0 Å². The van der Waals surface area contributed by atoms with Crippen molar-refractivity contribution < 1.29 is 14.6 Å². The zero-order chi connectivity index (χ0) is 13.5. The van der Waals surface area contributed by atoms with E-state index in [-0.39, 0.29) is 12.6 Å². The van der Waals surface area contributed by atoms with Gasteiger partial charge in [-0.25, -0.2) is 0 Å². The van der Waals surface area contributed by atoms with Crippen LogP contribution in [-0.4, -0.2) is 17.7 Å². The summed E-state index contributed by atoms with van der Waals surface area (Å²) in [5.74, 6) is 0.463. The first kappa shape index (κ1) is 13.1. The van der Waals surface area contributed by atoms with Gasteiger partial charge in [0.1, 0.15) is 5.75 Å². The highest BCUT2D eigenvalue weighted by molar-refractivity contribution is 6.06. The van der Waals surface area contributed by atoms with Crippen LogP contribution in [0.15, 0.2) is 60.7 Å². The summed E-state index contributed by atoms with van der Waals surface area (Å²) >= 11 is 0. The number of benzene rings is 2. The molecule has 0 saturated heterocycles. The predicted octanol–water partition coefficient (Wildman–Crippen LogP) is 2.91. The molecule has 0 aromatic heterocycles. The summed E-state index contributed by atoms with van der Waals surface area (Å²) in [6.07, 6.45) is 3.32. The summed E-state index contributed by atoms with van der Waals surface area (Å²) in [5.41, 5.74) is 1.56. The van der Waals surface area contributed by atoms with E-state index in [4.69, 9.17) is 9.84 Å². The van der Waals surface area contributed by atoms with Gasteiger partial charge in [-0.2, -0.15) is 0 Å². The highest BCUT2D eigenvalue weighted by atomic mass is 16.6. The zero-order valence-electron chi connectivity index (χ0n) is 10.3. The molecule has 3 heteroatoms. The second-order valence-corrected chi connectivity index (χ2v) is 3.91. The molecule has 0 radical (unpaired) electrons. The number of ether oxygens (including phenoxy) is 1. The maximum Gasteiger partial charge on any atom is 0.186 e. The summed E-state index contributed by atoms with van der Waals surface area (Å²) in [7, 11) is 0. The molecule has 2 rings (SSSR count). The Morgan fingerprint density at radius 3 is 2.37 bits per heavy atom. The molecular weight excluding hydrogens is 240 g/mol. The molecule has 0 aliphatic carbocycles. The van der Waals surface area contributed by atoms with Crippen LogP contribution in [0.4, 0.5) is 0 Å². The van der Waals surface area contributed by atoms with E-state index in [1.807, 2.05) is 30.3 Å². The van der Waals surface area contributed by atoms with Gasteiger partial charge in [-0.1, -0.05) is 36.4 Å². The van der Waals surface area contributed by atoms with Crippen LogP contribution in [0.25, 0.3) is 6.08 Å². The van der Waals surface area contributed by atoms with Crippen molar-refractivity contribution in [3.05, 3.63) is 71.8 Å². The fourth-order valence-corrected chi connectivity index (χ4v) is 1.62. The lowest BCUT2D eigenvalue weighted by Crippen LogP contribution is -1.97. The molecule has 2 aromatic rings. The Hall–Kier alpha value is -2.39. The van der Waals surface area contributed by atoms with Gasteiger partial charge in [-0.15, -0.1) is 0 Å². The van der Waals surface area contributed by atoms with Crippen LogP contribution in [0.5, 0.6) is 5.75 Å². The number of aliphatic hydroxyl groups excluding tert-OH is 1. The Kier molecular flexibility index (Phi) is 4.48. The van der Waals surface area contributed by atoms with E-state index in [9.17, 15) is 4.79 Å². The van der Waals surface area contributed by atoms with E-state index in [0.29, 0.717) is 11.3 Å². The number of aliphatic hydroxyl groups is 1. The zero-order valence-corrected chi connectivity index (χ0v) is 10.3. The summed E-state index contributed by atoms with van der Waals surface area (Å²) in [6.45, 7) is -0.374. The third-order valence-electron chi connectivity index (χ3n) is 2.60. The Morgan fingerprint density at radius 2 is 1.74 bits per heavy atom. The van der Waals surface area contributed by atoms with Crippen LogP contribution in [0.1, 0.15) is 15.9 Å². The van der Waals surface area contributed by atoms with E-state index in [0.717, 1.165) is 5.56 Å². The topological polar surface area (TPSA) is 46.5 Å². The van der Waals surface area contributed by atoms with Gasteiger partial charge in [0.2, 0.25) is 0 Å². The molecule has 1 N–H and O–H groups in total. The molecule has 0 aliphatic heterocycles. The smallest absolute Gasteiger partial charge is 0.186 e. The van der Waals surface area contributed by atoms with E-state index in [1.54, 1.807) is 30.3 Å². The quantitative estimate of drug-likeness (QED) is 0.507. The number of carbonyl (C=O) groups excluding carboxylic acids is 1. The van der Waals surface area contributed by atoms with Gasteiger partial charge in [-0.3, -0.25) is 4.79 Å². The van der Waals surface area contributed by atoms with Gasteiger partial charge in [0.25, 0.3) is 0 Å². The number of allylic oxidation sites excluding steroid dienone is 1. The number of carbonyl (C=O) groups is 1. The molecule has 96 valence electrons. The first-order valence-electron chi connectivity index (χ1n) is 5.91. The Morgan fingerprint density at radius 1 is 1.05 bits per heavy atom. The first-order valence-corrected chi connectivity index (χ1v) is 5.91. The van der Waals surface area contributed by atoms with Crippen LogP contribution in [0.3, 0.4) is 0 Å². The SMILES string of the molecule is O=C(/C=C/c1ccccc1)c1ccc(OCO)cc1. The molecule has 0 unspecified atom stereocenters. The minimum atomic E-state index is -0.374. The average molecular weight is 254 g/mol. The van der Waals surface area contributed by atoms with Crippen molar-refractivity contribution in [2.24, 2.45) is 0 Å². The summed E-state index contributed by atoms with van der Waals surface area (Å²) in [6, 6.07) is 16.3. The molecular formula is C16H14O3. The van der Waals surface area contributed by atoms with Crippen LogP contribution in [-0.2, 0) is 0 Å². The fraction of sp³-hybridized carbons (Fsp3) is 0.0625.